The van der Waals surface area contributed by atoms with E-state index in [1.165, 1.54) is 18.8 Å². The van der Waals surface area contributed by atoms with E-state index >= 15 is 0 Å². The number of H-pyrrole nitrogens is 1. The number of fused-ring (bicyclic) bond motifs is 2. The van der Waals surface area contributed by atoms with Crippen molar-refractivity contribution >= 4 is 28.2 Å². The molecular weight excluding hydrogens is 400 g/mol. The quantitative estimate of drug-likeness (QED) is 0.447. The molecule has 0 spiro atoms. The zero-order valence-electron chi connectivity index (χ0n) is 16.6. The van der Waals surface area contributed by atoms with Crippen molar-refractivity contribution < 1.29 is 14.3 Å². The standard InChI is InChI=1S/C21H16N6O4/c1-30-15-10-6-5-9-14(15)27-18-16(24-21(27)29)17(19(28)31-2)23-20(25-18)26-11-22-12-7-3-4-8-13(12)26/h3-11H,1-2H3,(H,24,29). The number of carbonyl (C=O) groups excluding carboxylic acids is 1. The van der Waals surface area contributed by atoms with Crippen LogP contribution in [0.1, 0.15) is 10.5 Å². The molecule has 0 aliphatic rings. The summed E-state index contributed by atoms with van der Waals surface area (Å²) in [6.07, 6.45) is 1.56. The Morgan fingerprint density at radius 1 is 1.03 bits per heavy atom. The van der Waals surface area contributed by atoms with E-state index < -0.39 is 11.7 Å². The van der Waals surface area contributed by atoms with Crippen molar-refractivity contribution in [1.29, 1.82) is 0 Å². The van der Waals surface area contributed by atoms with Crippen molar-refractivity contribution in [2.75, 3.05) is 14.2 Å². The Kier molecular flexibility index (Phi) is 4.25. The maximum atomic E-state index is 12.9. The lowest BCUT2D eigenvalue weighted by Gasteiger charge is -2.10. The molecule has 10 heteroatoms. The molecule has 0 aliphatic heterocycles. The molecular formula is C21H16N6O4. The van der Waals surface area contributed by atoms with Crippen molar-refractivity contribution in [3.05, 3.63) is 71.0 Å². The van der Waals surface area contributed by atoms with Crippen LogP contribution in [0.5, 0.6) is 5.75 Å². The highest BCUT2D eigenvalue weighted by atomic mass is 16.5. The topological polar surface area (TPSA) is 117 Å². The summed E-state index contributed by atoms with van der Waals surface area (Å²) in [5, 5.41) is 0. The van der Waals surface area contributed by atoms with Crippen LogP contribution >= 0.6 is 0 Å². The van der Waals surface area contributed by atoms with Gasteiger partial charge >= 0.3 is 11.7 Å². The Hall–Kier alpha value is -4.47. The number of hydrogen-bond donors (Lipinski definition) is 1. The van der Waals surface area contributed by atoms with E-state index in [-0.39, 0.29) is 22.8 Å². The molecule has 0 saturated carbocycles. The Bertz CT molecular complexity index is 1510. The number of nitrogens with zero attached hydrogens (tertiary/aromatic N) is 5. The minimum absolute atomic E-state index is 0.0639. The van der Waals surface area contributed by atoms with Gasteiger partial charge in [0.05, 0.1) is 30.9 Å². The van der Waals surface area contributed by atoms with Gasteiger partial charge in [-0.25, -0.2) is 24.1 Å². The number of ether oxygens (including phenoxy) is 2. The molecule has 10 nitrogen and oxygen atoms in total. The predicted molar refractivity (Wildman–Crippen MR) is 112 cm³/mol. The molecule has 154 valence electrons. The molecule has 0 bridgehead atoms. The summed E-state index contributed by atoms with van der Waals surface area (Å²) in [6, 6.07) is 14.5. The predicted octanol–water partition coefficient (Wildman–Crippen LogP) is 2.24. The highest BCUT2D eigenvalue weighted by Gasteiger charge is 2.23. The number of carbonyl (C=O) groups is 1. The van der Waals surface area contributed by atoms with Gasteiger partial charge in [-0.3, -0.25) is 4.57 Å². The second-order valence-electron chi connectivity index (χ2n) is 6.60. The third-order valence-electron chi connectivity index (χ3n) is 4.90. The van der Waals surface area contributed by atoms with Crippen molar-refractivity contribution in [3.8, 4) is 17.4 Å². The highest BCUT2D eigenvalue weighted by Crippen LogP contribution is 2.26. The fraction of sp³-hybridized carbons (Fsp3) is 0.0952. The lowest BCUT2D eigenvalue weighted by Crippen LogP contribution is -2.16. The number of methoxy groups -OCH3 is 2. The van der Waals surface area contributed by atoms with Gasteiger partial charge in [0.15, 0.2) is 11.3 Å². The lowest BCUT2D eigenvalue weighted by atomic mass is 10.3. The summed E-state index contributed by atoms with van der Waals surface area (Å²) in [5.41, 5.74) is 1.77. The molecule has 0 atom stereocenters. The van der Waals surface area contributed by atoms with Crippen molar-refractivity contribution in [1.82, 2.24) is 29.1 Å². The van der Waals surface area contributed by atoms with E-state index in [1.54, 1.807) is 35.2 Å². The molecule has 3 heterocycles. The molecule has 0 fully saturated rings. The third-order valence-corrected chi connectivity index (χ3v) is 4.90. The Morgan fingerprint density at radius 3 is 2.61 bits per heavy atom. The minimum atomic E-state index is -0.702. The fourth-order valence-electron chi connectivity index (χ4n) is 3.48. The minimum Gasteiger partial charge on any atom is -0.495 e. The Morgan fingerprint density at radius 2 is 1.81 bits per heavy atom. The fourth-order valence-corrected chi connectivity index (χ4v) is 3.48. The van der Waals surface area contributed by atoms with Crippen LogP contribution in [0.2, 0.25) is 0 Å². The second-order valence-corrected chi connectivity index (χ2v) is 6.60. The van der Waals surface area contributed by atoms with Gasteiger partial charge in [0, 0.05) is 0 Å². The molecule has 1 N–H and O–H groups in total. The number of rotatable bonds is 4. The average Bonchev–Trinajstić information content (AvgIpc) is 3.38. The Labute approximate surface area is 174 Å². The number of esters is 1. The third kappa shape index (κ3) is 2.84. The molecule has 31 heavy (non-hydrogen) atoms. The number of aromatic nitrogens is 6. The smallest absolute Gasteiger partial charge is 0.359 e. The van der Waals surface area contributed by atoms with Crippen molar-refractivity contribution in [2.24, 2.45) is 0 Å². The normalized spacial score (nSPS) is 11.2. The molecule has 0 unspecified atom stereocenters. The molecule has 5 aromatic rings. The summed E-state index contributed by atoms with van der Waals surface area (Å²) < 4.78 is 13.3. The van der Waals surface area contributed by atoms with Gasteiger partial charge in [-0.15, -0.1) is 0 Å². The first kappa shape index (κ1) is 18.6. The zero-order valence-corrected chi connectivity index (χ0v) is 16.6. The maximum Gasteiger partial charge on any atom is 0.359 e. The molecule has 0 saturated heterocycles. The molecule has 0 amide bonds. The number of imidazole rings is 2. The summed E-state index contributed by atoms with van der Waals surface area (Å²) in [6.45, 7) is 0. The SMILES string of the molecule is COC(=O)c1nc(-n2cnc3ccccc32)nc2c1[nH]c(=O)n2-c1ccccc1OC. The van der Waals surface area contributed by atoms with Crippen LogP contribution in [-0.2, 0) is 4.74 Å². The second kappa shape index (κ2) is 7.10. The number of hydrogen-bond acceptors (Lipinski definition) is 7. The van der Waals surface area contributed by atoms with E-state index in [0.29, 0.717) is 11.4 Å². The monoisotopic (exact) mass is 416 g/mol. The lowest BCUT2D eigenvalue weighted by molar-refractivity contribution is 0.0596. The highest BCUT2D eigenvalue weighted by molar-refractivity contribution is 5.99. The summed E-state index contributed by atoms with van der Waals surface area (Å²) in [5.74, 6) is -0.0610. The number of nitrogens with one attached hydrogen (secondary N) is 1. The maximum absolute atomic E-state index is 12.9. The number of para-hydroxylation sites is 4. The van der Waals surface area contributed by atoms with Crippen molar-refractivity contribution in [3.63, 3.8) is 0 Å². The van der Waals surface area contributed by atoms with E-state index in [9.17, 15) is 9.59 Å². The van der Waals surface area contributed by atoms with Gasteiger partial charge in [-0.05, 0) is 24.3 Å². The number of aromatic amines is 1. The summed E-state index contributed by atoms with van der Waals surface area (Å²) >= 11 is 0. The van der Waals surface area contributed by atoms with Crippen LogP contribution in [0.3, 0.4) is 0 Å². The van der Waals surface area contributed by atoms with Gasteiger partial charge in [-0.1, -0.05) is 24.3 Å². The Balaban J connectivity index is 1.87. The molecule has 0 aliphatic carbocycles. The van der Waals surface area contributed by atoms with Crippen LogP contribution < -0.4 is 10.4 Å². The summed E-state index contributed by atoms with van der Waals surface area (Å²) in [4.78, 5) is 41.4. The largest absolute Gasteiger partial charge is 0.495 e. The number of benzene rings is 2. The first-order chi connectivity index (χ1) is 15.1. The van der Waals surface area contributed by atoms with Crippen molar-refractivity contribution in [2.45, 2.75) is 0 Å². The van der Waals surface area contributed by atoms with Gasteiger partial charge in [0.1, 0.15) is 17.6 Å². The van der Waals surface area contributed by atoms with Crippen LogP contribution in [0.25, 0.3) is 33.8 Å². The zero-order chi connectivity index (χ0) is 21.5. The van der Waals surface area contributed by atoms with E-state index in [0.717, 1.165) is 11.0 Å². The molecule has 5 rings (SSSR count). The van der Waals surface area contributed by atoms with Crippen LogP contribution in [0, 0.1) is 0 Å². The van der Waals surface area contributed by atoms with Gasteiger partial charge in [0.25, 0.3) is 0 Å². The van der Waals surface area contributed by atoms with E-state index in [1.807, 2.05) is 24.3 Å². The van der Waals surface area contributed by atoms with Gasteiger partial charge in [0.2, 0.25) is 5.95 Å². The molecule has 0 radical (unpaired) electrons. The van der Waals surface area contributed by atoms with E-state index in [2.05, 4.69) is 19.9 Å². The van der Waals surface area contributed by atoms with Gasteiger partial charge in [-0.2, -0.15) is 4.98 Å². The molecule has 2 aromatic carbocycles. The van der Waals surface area contributed by atoms with Gasteiger partial charge < -0.3 is 14.5 Å². The van der Waals surface area contributed by atoms with Crippen LogP contribution in [0.15, 0.2) is 59.7 Å². The van der Waals surface area contributed by atoms with Crippen LogP contribution in [0.4, 0.5) is 0 Å². The molecule has 3 aromatic heterocycles. The average molecular weight is 416 g/mol. The van der Waals surface area contributed by atoms with Crippen LogP contribution in [-0.4, -0.2) is 49.3 Å². The van der Waals surface area contributed by atoms with E-state index in [4.69, 9.17) is 9.47 Å². The summed E-state index contributed by atoms with van der Waals surface area (Å²) in [7, 11) is 2.76. The first-order valence-electron chi connectivity index (χ1n) is 9.29. The first-order valence-corrected chi connectivity index (χ1v) is 9.29.